The van der Waals surface area contributed by atoms with Crippen LogP contribution in [0.2, 0.25) is 0 Å². The van der Waals surface area contributed by atoms with Gasteiger partial charge >= 0.3 is 5.97 Å². The predicted molar refractivity (Wildman–Crippen MR) is 113 cm³/mol. The Morgan fingerprint density at radius 2 is 1.86 bits per heavy atom. The highest BCUT2D eigenvalue weighted by molar-refractivity contribution is 7.12. The van der Waals surface area contributed by atoms with Crippen LogP contribution in [0, 0.1) is 0 Å². The summed E-state index contributed by atoms with van der Waals surface area (Å²) in [5.74, 6) is -0.692. The molecule has 29 heavy (non-hydrogen) atoms. The summed E-state index contributed by atoms with van der Waals surface area (Å²) in [6, 6.07) is 10.5. The van der Waals surface area contributed by atoms with E-state index in [1.54, 1.807) is 17.0 Å². The van der Waals surface area contributed by atoms with E-state index in [2.05, 4.69) is 19.2 Å². The largest absolute Gasteiger partial charge is 0.451 e. The molecule has 1 saturated heterocycles. The van der Waals surface area contributed by atoms with Crippen molar-refractivity contribution in [2.45, 2.75) is 51.7 Å². The van der Waals surface area contributed by atoms with Crippen molar-refractivity contribution >= 4 is 34.8 Å². The Morgan fingerprint density at radius 1 is 1.14 bits per heavy atom. The molecule has 2 atom stereocenters. The van der Waals surface area contributed by atoms with Gasteiger partial charge in [0.15, 0.2) is 6.10 Å². The third-order valence-electron chi connectivity index (χ3n) is 5.02. The molecule has 6 nitrogen and oxygen atoms in total. The summed E-state index contributed by atoms with van der Waals surface area (Å²) >= 11 is 1.35. The SMILES string of the molecule is CC(C)c1ccc(NC(=O)[C@H](C)OC(=O)[C@@H]2CCCN2C(=O)c2cccs2)cc1. The molecule has 0 unspecified atom stereocenters. The van der Waals surface area contributed by atoms with Gasteiger partial charge < -0.3 is 15.0 Å². The molecule has 0 saturated carbocycles. The molecule has 2 amide bonds. The number of hydrogen-bond acceptors (Lipinski definition) is 5. The van der Waals surface area contributed by atoms with Crippen molar-refractivity contribution in [1.29, 1.82) is 0 Å². The van der Waals surface area contributed by atoms with E-state index in [0.29, 0.717) is 29.4 Å². The van der Waals surface area contributed by atoms with Crippen LogP contribution in [0.4, 0.5) is 5.69 Å². The van der Waals surface area contributed by atoms with Gasteiger partial charge in [-0.15, -0.1) is 11.3 Å². The third-order valence-corrected chi connectivity index (χ3v) is 5.88. The fourth-order valence-electron chi connectivity index (χ4n) is 3.30. The van der Waals surface area contributed by atoms with Crippen molar-refractivity contribution < 1.29 is 19.1 Å². The average Bonchev–Trinajstić information content (AvgIpc) is 3.39. The summed E-state index contributed by atoms with van der Waals surface area (Å²) in [4.78, 5) is 39.8. The first-order chi connectivity index (χ1) is 13.9. The summed E-state index contributed by atoms with van der Waals surface area (Å²) in [7, 11) is 0. The smallest absolute Gasteiger partial charge is 0.329 e. The molecule has 0 spiro atoms. The number of carbonyl (C=O) groups is 3. The number of benzene rings is 1. The number of rotatable bonds is 6. The second kappa shape index (κ2) is 9.22. The highest BCUT2D eigenvalue weighted by atomic mass is 32.1. The number of nitrogens with one attached hydrogen (secondary N) is 1. The Bertz CT molecular complexity index is 861. The molecule has 154 valence electrons. The minimum atomic E-state index is -0.952. The van der Waals surface area contributed by atoms with E-state index in [0.717, 1.165) is 6.42 Å². The molecule has 2 heterocycles. The number of carbonyl (C=O) groups excluding carboxylic acids is 3. The lowest BCUT2D eigenvalue weighted by molar-refractivity contribution is -0.156. The zero-order chi connectivity index (χ0) is 21.0. The quantitative estimate of drug-likeness (QED) is 0.724. The first-order valence-electron chi connectivity index (χ1n) is 9.82. The second-order valence-corrected chi connectivity index (χ2v) is 8.43. The van der Waals surface area contributed by atoms with Gasteiger partial charge in [-0.3, -0.25) is 9.59 Å². The summed E-state index contributed by atoms with van der Waals surface area (Å²) in [6.07, 6.45) is 0.326. The molecule has 7 heteroatoms. The first kappa shape index (κ1) is 21.0. The van der Waals surface area contributed by atoms with Crippen LogP contribution in [0.15, 0.2) is 41.8 Å². The van der Waals surface area contributed by atoms with Gasteiger partial charge in [0.25, 0.3) is 11.8 Å². The Hall–Kier alpha value is -2.67. The lowest BCUT2D eigenvalue weighted by atomic mass is 10.0. The van der Waals surface area contributed by atoms with E-state index >= 15 is 0 Å². The van der Waals surface area contributed by atoms with Gasteiger partial charge in [-0.1, -0.05) is 32.0 Å². The molecule has 1 N–H and O–H groups in total. The van der Waals surface area contributed by atoms with Crippen LogP contribution >= 0.6 is 11.3 Å². The maximum Gasteiger partial charge on any atom is 0.329 e. The Morgan fingerprint density at radius 3 is 2.48 bits per heavy atom. The van der Waals surface area contributed by atoms with Crippen LogP contribution in [-0.4, -0.2) is 41.4 Å². The molecule has 0 radical (unpaired) electrons. The van der Waals surface area contributed by atoms with E-state index in [-0.39, 0.29) is 5.91 Å². The fraction of sp³-hybridized carbons (Fsp3) is 0.409. The molecule has 1 aliphatic rings. The number of thiophene rings is 1. The van der Waals surface area contributed by atoms with Crippen molar-refractivity contribution in [2.24, 2.45) is 0 Å². The van der Waals surface area contributed by atoms with Crippen molar-refractivity contribution in [2.75, 3.05) is 11.9 Å². The van der Waals surface area contributed by atoms with Gasteiger partial charge in [-0.05, 0) is 54.8 Å². The van der Waals surface area contributed by atoms with Crippen molar-refractivity contribution in [3.8, 4) is 0 Å². The second-order valence-electron chi connectivity index (χ2n) is 7.48. The highest BCUT2D eigenvalue weighted by Gasteiger charge is 2.37. The Balaban J connectivity index is 1.57. The van der Waals surface area contributed by atoms with Crippen molar-refractivity contribution in [3.63, 3.8) is 0 Å². The van der Waals surface area contributed by atoms with E-state index < -0.39 is 24.0 Å². The van der Waals surface area contributed by atoms with Gasteiger partial charge in [0.2, 0.25) is 0 Å². The number of hydrogen-bond donors (Lipinski definition) is 1. The van der Waals surface area contributed by atoms with Gasteiger partial charge in [-0.25, -0.2) is 4.79 Å². The minimum Gasteiger partial charge on any atom is -0.451 e. The van der Waals surface area contributed by atoms with Gasteiger partial charge in [0, 0.05) is 12.2 Å². The molecule has 1 aromatic carbocycles. The molecule has 0 bridgehead atoms. The number of nitrogens with zero attached hydrogens (tertiary/aromatic N) is 1. The normalized spacial score (nSPS) is 17.2. The molecule has 1 aromatic heterocycles. The number of amides is 2. The van der Waals surface area contributed by atoms with Crippen molar-refractivity contribution in [3.05, 3.63) is 52.2 Å². The topological polar surface area (TPSA) is 75.7 Å². The Kier molecular flexibility index (Phi) is 6.69. The zero-order valence-electron chi connectivity index (χ0n) is 16.9. The average molecular weight is 415 g/mol. The Labute approximate surface area is 174 Å². The predicted octanol–water partition coefficient (Wildman–Crippen LogP) is 4.05. The van der Waals surface area contributed by atoms with Crippen LogP contribution in [0.1, 0.15) is 54.8 Å². The van der Waals surface area contributed by atoms with Gasteiger partial charge in [0.1, 0.15) is 6.04 Å². The molecular formula is C22H26N2O4S. The minimum absolute atomic E-state index is 0.165. The molecule has 2 aromatic rings. The monoisotopic (exact) mass is 414 g/mol. The highest BCUT2D eigenvalue weighted by Crippen LogP contribution is 2.24. The van der Waals surface area contributed by atoms with E-state index in [9.17, 15) is 14.4 Å². The number of esters is 1. The lowest BCUT2D eigenvalue weighted by Gasteiger charge is -2.24. The van der Waals surface area contributed by atoms with E-state index in [1.807, 2.05) is 29.6 Å². The van der Waals surface area contributed by atoms with Crippen LogP contribution in [0.3, 0.4) is 0 Å². The van der Waals surface area contributed by atoms with E-state index in [4.69, 9.17) is 4.74 Å². The zero-order valence-corrected chi connectivity index (χ0v) is 17.7. The van der Waals surface area contributed by atoms with Gasteiger partial charge in [-0.2, -0.15) is 0 Å². The molecule has 1 fully saturated rings. The van der Waals surface area contributed by atoms with Crippen LogP contribution < -0.4 is 5.32 Å². The third kappa shape index (κ3) is 5.03. The fourth-order valence-corrected chi connectivity index (χ4v) is 3.98. The summed E-state index contributed by atoms with van der Waals surface area (Å²) in [6.45, 7) is 6.25. The summed E-state index contributed by atoms with van der Waals surface area (Å²) in [5.41, 5.74) is 1.83. The number of likely N-dealkylation sites (tertiary alicyclic amines) is 1. The maximum absolute atomic E-state index is 12.6. The number of anilines is 1. The van der Waals surface area contributed by atoms with E-state index in [1.165, 1.54) is 23.8 Å². The first-order valence-corrected chi connectivity index (χ1v) is 10.7. The molecule has 0 aliphatic carbocycles. The van der Waals surface area contributed by atoms with Crippen LogP contribution in [0.25, 0.3) is 0 Å². The van der Waals surface area contributed by atoms with Gasteiger partial charge in [0.05, 0.1) is 4.88 Å². The summed E-state index contributed by atoms with van der Waals surface area (Å²) < 4.78 is 5.39. The lowest BCUT2D eigenvalue weighted by Crippen LogP contribution is -2.43. The summed E-state index contributed by atoms with van der Waals surface area (Å²) in [5, 5.41) is 4.60. The van der Waals surface area contributed by atoms with Crippen LogP contribution in [0.5, 0.6) is 0 Å². The number of ether oxygens (including phenoxy) is 1. The standard InChI is InChI=1S/C22H26N2O4S/c1-14(2)16-8-10-17(11-9-16)23-20(25)15(3)28-22(27)18-6-4-12-24(18)21(26)19-7-5-13-29-19/h5,7-11,13-15,18H,4,6,12H2,1-3H3,(H,23,25)/t15-,18-/m0/s1. The molecule has 3 rings (SSSR count). The molecule has 1 aliphatic heterocycles. The van der Waals surface area contributed by atoms with Crippen LogP contribution in [-0.2, 0) is 14.3 Å². The maximum atomic E-state index is 12.6. The molecular weight excluding hydrogens is 388 g/mol. The van der Waals surface area contributed by atoms with Crippen molar-refractivity contribution in [1.82, 2.24) is 4.90 Å².